The molecule has 2 aromatic heterocycles. The topological polar surface area (TPSA) is 93.8 Å². The second kappa shape index (κ2) is 4.17. The van der Waals surface area contributed by atoms with Gasteiger partial charge in [0.1, 0.15) is 12.4 Å². The lowest BCUT2D eigenvalue weighted by molar-refractivity contribution is 0.0689. The highest BCUT2D eigenvalue weighted by molar-refractivity contribution is 5.86. The largest absolute Gasteiger partial charge is 0.476 e. The van der Waals surface area contributed by atoms with Gasteiger partial charge in [0.25, 0.3) is 0 Å². The van der Waals surface area contributed by atoms with Crippen molar-refractivity contribution in [2.45, 2.75) is 25.3 Å². The molecule has 0 radical (unpaired) electrons. The Bertz CT molecular complexity index is 576. The average Bonchev–Trinajstić information content (AvgIpc) is 3.12. The van der Waals surface area contributed by atoms with E-state index in [1.54, 1.807) is 23.1 Å². The highest BCUT2D eigenvalue weighted by Gasteiger charge is 2.33. The molecule has 1 fully saturated rings. The molecule has 92 valence electrons. The molecule has 1 saturated carbocycles. The maximum atomic E-state index is 11.1. The fraction of sp³-hybridized carbons (Fsp3) is 0.364. The van der Waals surface area contributed by atoms with Crippen LogP contribution in [0, 0.1) is 0 Å². The van der Waals surface area contributed by atoms with Crippen LogP contribution in [0.4, 0.5) is 0 Å². The van der Waals surface area contributed by atoms with Crippen LogP contribution in [-0.4, -0.2) is 36.0 Å². The molecule has 7 nitrogen and oxygen atoms in total. The molecule has 0 bridgehead atoms. The summed E-state index contributed by atoms with van der Waals surface area (Å²) in [4.78, 5) is 19.3. The van der Waals surface area contributed by atoms with E-state index >= 15 is 0 Å². The lowest BCUT2D eigenvalue weighted by Gasteiger charge is -2.04. The van der Waals surface area contributed by atoms with Crippen LogP contribution in [-0.2, 0) is 6.54 Å². The minimum absolute atomic E-state index is 0.0495. The van der Waals surface area contributed by atoms with Crippen molar-refractivity contribution in [3.63, 3.8) is 0 Å². The molecule has 0 aromatic carbocycles. The second-order valence-corrected chi connectivity index (χ2v) is 4.23. The van der Waals surface area contributed by atoms with Gasteiger partial charge in [0.2, 0.25) is 0 Å². The van der Waals surface area contributed by atoms with Crippen LogP contribution in [0.15, 0.2) is 18.5 Å². The van der Waals surface area contributed by atoms with Gasteiger partial charge in [-0.1, -0.05) is 5.21 Å². The van der Waals surface area contributed by atoms with Crippen LogP contribution in [0.25, 0.3) is 0 Å². The summed E-state index contributed by atoms with van der Waals surface area (Å²) in [5, 5.41) is 16.7. The molecule has 0 saturated heterocycles. The molecule has 1 aliphatic carbocycles. The predicted molar refractivity (Wildman–Crippen MR) is 60.1 cm³/mol. The third-order valence-electron chi connectivity index (χ3n) is 2.85. The van der Waals surface area contributed by atoms with E-state index in [9.17, 15) is 4.79 Å². The van der Waals surface area contributed by atoms with Crippen LogP contribution >= 0.6 is 0 Å². The molecular formula is C11H11N5O2. The zero-order valence-corrected chi connectivity index (χ0v) is 9.52. The molecule has 2 aromatic rings. The second-order valence-electron chi connectivity index (χ2n) is 4.23. The maximum Gasteiger partial charge on any atom is 0.358 e. The lowest BCUT2D eigenvalue weighted by atomic mass is 10.2. The van der Waals surface area contributed by atoms with Gasteiger partial charge in [-0.05, 0) is 18.9 Å². The SMILES string of the molecule is O=C(O)c1nnn(Cc2ncccn2)c1C1CC1. The maximum absolute atomic E-state index is 11.1. The van der Waals surface area contributed by atoms with Gasteiger partial charge in [-0.2, -0.15) is 0 Å². The molecule has 0 aliphatic heterocycles. The number of carbonyl (C=O) groups is 1. The van der Waals surface area contributed by atoms with Crippen molar-refractivity contribution in [3.05, 3.63) is 35.7 Å². The van der Waals surface area contributed by atoms with E-state index < -0.39 is 5.97 Å². The Balaban J connectivity index is 1.95. The molecule has 1 N–H and O–H groups in total. The molecule has 18 heavy (non-hydrogen) atoms. The first kappa shape index (κ1) is 10.8. The zero-order valence-electron chi connectivity index (χ0n) is 9.52. The quantitative estimate of drug-likeness (QED) is 0.851. The average molecular weight is 245 g/mol. The first-order valence-corrected chi connectivity index (χ1v) is 5.68. The van der Waals surface area contributed by atoms with E-state index in [1.807, 2.05) is 0 Å². The highest BCUT2D eigenvalue weighted by atomic mass is 16.4. The molecule has 0 unspecified atom stereocenters. The first-order chi connectivity index (χ1) is 8.75. The Kier molecular flexibility index (Phi) is 2.51. The van der Waals surface area contributed by atoms with Gasteiger partial charge >= 0.3 is 5.97 Å². The predicted octanol–water partition coefficient (Wildman–Crippen LogP) is 0.692. The Hall–Kier alpha value is -2.31. The fourth-order valence-corrected chi connectivity index (χ4v) is 1.90. The van der Waals surface area contributed by atoms with Crippen molar-refractivity contribution in [3.8, 4) is 0 Å². The summed E-state index contributed by atoms with van der Waals surface area (Å²) in [5.41, 5.74) is 0.739. The van der Waals surface area contributed by atoms with Gasteiger partial charge in [0.15, 0.2) is 5.69 Å². The Morgan fingerprint density at radius 1 is 1.39 bits per heavy atom. The van der Waals surface area contributed by atoms with E-state index in [4.69, 9.17) is 5.11 Å². The normalized spacial score (nSPS) is 14.7. The number of rotatable bonds is 4. The summed E-state index contributed by atoms with van der Waals surface area (Å²) in [7, 11) is 0. The minimum Gasteiger partial charge on any atom is -0.476 e. The Morgan fingerprint density at radius 3 is 2.72 bits per heavy atom. The number of nitrogens with zero attached hydrogens (tertiary/aromatic N) is 5. The van der Waals surface area contributed by atoms with Crippen LogP contribution in [0.5, 0.6) is 0 Å². The monoisotopic (exact) mass is 245 g/mol. The van der Waals surface area contributed by atoms with E-state index in [0.29, 0.717) is 18.1 Å². The number of hydrogen-bond acceptors (Lipinski definition) is 5. The summed E-state index contributed by atoms with van der Waals surface area (Å²) >= 11 is 0. The number of carboxylic acid groups (broad SMARTS) is 1. The van der Waals surface area contributed by atoms with Gasteiger partial charge < -0.3 is 5.11 Å². The summed E-state index contributed by atoms with van der Waals surface area (Å²) in [6.07, 6.45) is 5.27. The van der Waals surface area contributed by atoms with Crippen molar-refractivity contribution in [1.29, 1.82) is 0 Å². The van der Waals surface area contributed by atoms with Crippen molar-refractivity contribution in [1.82, 2.24) is 25.0 Å². The molecule has 7 heteroatoms. The molecule has 2 heterocycles. The lowest BCUT2D eigenvalue weighted by Crippen LogP contribution is -2.10. The van der Waals surface area contributed by atoms with Crippen molar-refractivity contribution in [2.24, 2.45) is 0 Å². The molecule has 0 spiro atoms. The van der Waals surface area contributed by atoms with Crippen molar-refractivity contribution in [2.75, 3.05) is 0 Å². The summed E-state index contributed by atoms with van der Waals surface area (Å²) < 4.78 is 1.59. The van der Waals surface area contributed by atoms with Crippen LogP contribution in [0.1, 0.15) is 40.8 Å². The van der Waals surface area contributed by atoms with E-state index in [2.05, 4.69) is 20.3 Å². The van der Waals surface area contributed by atoms with Crippen molar-refractivity contribution >= 4 is 5.97 Å². The van der Waals surface area contributed by atoms with Gasteiger partial charge in [0, 0.05) is 18.3 Å². The van der Waals surface area contributed by atoms with Gasteiger partial charge in [0.05, 0.1) is 5.69 Å². The van der Waals surface area contributed by atoms with Gasteiger partial charge in [-0.15, -0.1) is 5.10 Å². The molecular weight excluding hydrogens is 234 g/mol. The number of aromatic nitrogens is 5. The molecule has 3 rings (SSSR count). The highest BCUT2D eigenvalue weighted by Crippen LogP contribution is 2.41. The molecule has 1 aliphatic rings. The van der Waals surface area contributed by atoms with Gasteiger partial charge in [-0.25, -0.2) is 19.4 Å². The van der Waals surface area contributed by atoms with E-state index in [0.717, 1.165) is 12.8 Å². The Labute approximate surface area is 102 Å². The van der Waals surface area contributed by atoms with E-state index in [-0.39, 0.29) is 11.6 Å². The number of aromatic carboxylic acids is 1. The third kappa shape index (κ3) is 1.94. The van der Waals surface area contributed by atoms with Gasteiger partial charge in [-0.3, -0.25) is 0 Å². The minimum atomic E-state index is -1.03. The summed E-state index contributed by atoms with van der Waals surface area (Å²) in [6, 6.07) is 1.73. The van der Waals surface area contributed by atoms with Crippen LogP contribution in [0.3, 0.4) is 0 Å². The first-order valence-electron chi connectivity index (χ1n) is 5.68. The third-order valence-corrected chi connectivity index (χ3v) is 2.85. The summed E-state index contributed by atoms with van der Waals surface area (Å²) in [5.74, 6) is -0.173. The smallest absolute Gasteiger partial charge is 0.358 e. The standard InChI is InChI=1S/C11H11N5O2/c17-11(18)9-10(7-2-3-7)16(15-14-9)6-8-12-4-1-5-13-8/h1,4-5,7H,2-3,6H2,(H,17,18). The van der Waals surface area contributed by atoms with Crippen LogP contribution < -0.4 is 0 Å². The summed E-state index contributed by atoms with van der Waals surface area (Å²) in [6.45, 7) is 0.354. The number of carboxylic acids is 1. The Morgan fingerprint density at radius 2 is 2.11 bits per heavy atom. The fourth-order valence-electron chi connectivity index (χ4n) is 1.90. The number of hydrogen-bond donors (Lipinski definition) is 1. The molecule has 0 atom stereocenters. The van der Waals surface area contributed by atoms with Crippen LogP contribution in [0.2, 0.25) is 0 Å². The molecule has 0 amide bonds. The zero-order chi connectivity index (χ0) is 12.5. The van der Waals surface area contributed by atoms with E-state index in [1.165, 1.54) is 0 Å². The van der Waals surface area contributed by atoms with Crippen molar-refractivity contribution < 1.29 is 9.90 Å².